The number of amides is 1. The molecule has 178 valence electrons. The molecule has 1 N–H and O–H groups in total. The molecule has 0 spiro atoms. The molecule has 2 saturated carbocycles. The van der Waals surface area contributed by atoms with Crippen molar-refractivity contribution in [3.63, 3.8) is 0 Å². The average Bonchev–Trinajstić information content (AvgIpc) is 3.49. The molecule has 0 aliphatic heterocycles. The first-order chi connectivity index (χ1) is 15.7. The summed E-state index contributed by atoms with van der Waals surface area (Å²) in [4.78, 5) is 24.8. The molecule has 1 aromatic heterocycles. The lowest BCUT2D eigenvalue weighted by atomic mass is 9.69. The molecule has 2 fully saturated rings. The second kappa shape index (κ2) is 9.88. The molecule has 2 aliphatic rings. The normalized spacial score (nSPS) is 21.0. The maximum atomic E-state index is 12.7. The number of halogens is 1. The summed E-state index contributed by atoms with van der Waals surface area (Å²) < 4.78 is 6.85. The Balaban J connectivity index is 1.46. The van der Waals surface area contributed by atoms with Gasteiger partial charge < -0.3 is 9.63 Å². The van der Waals surface area contributed by atoms with Crippen LogP contribution in [-0.4, -0.2) is 22.1 Å². The summed E-state index contributed by atoms with van der Waals surface area (Å²) in [5.41, 5.74) is 3.15. The number of hydrogen-bond acceptors (Lipinski definition) is 4. The Bertz CT molecular complexity index is 990. The van der Waals surface area contributed by atoms with E-state index in [-0.39, 0.29) is 18.7 Å². The summed E-state index contributed by atoms with van der Waals surface area (Å²) >= 11 is 6.23. The monoisotopic (exact) mass is 472 g/mol. The highest BCUT2D eigenvalue weighted by Gasteiger charge is 2.42. The fraction of sp³-hybridized carbons (Fsp3) is 0.577. The average molecular weight is 473 g/mol. The van der Waals surface area contributed by atoms with Crippen LogP contribution in [0.2, 0.25) is 0 Å². The zero-order chi connectivity index (χ0) is 23.7. The lowest BCUT2D eigenvalue weighted by molar-refractivity contribution is -0.139. The number of anilines is 1. The Kier molecular flexibility index (Phi) is 7.13. The number of carboxylic acids is 1. The van der Waals surface area contributed by atoms with Gasteiger partial charge in [-0.1, -0.05) is 36.7 Å². The number of aliphatic carboxylic acids is 1. The van der Waals surface area contributed by atoms with Crippen LogP contribution in [0.4, 0.5) is 5.69 Å². The molecule has 4 rings (SSSR count). The molecule has 1 heterocycles. The lowest BCUT2D eigenvalue weighted by Gasteiger charge is -2.35. The van der Waals surface area contributed by atoms with Crippen LogP contribution >= 0.6 is 11.8 Å². The number of aromatic nitrogens is 1. The van der Waals surface area contributed by atoms with E-state index >= 15 is 0 Å². The Labute approximate surface area is 200 Å². The van der Waals surface area contributed by atoms with Crippen LogP contribution in [0.15, 0.2) is 28.8 Å². The minimum Gasteiger partial charge on any atom is -0.481 e. The first-order valence-electron chi connectivity index (χ1n) is 12.0. The van der Waals surface area contributed by atoms with Crippen molar-refractivity contribution in [1.82, 2.24) is 5.16 Å². The van der Waals surface area contributed by atoms with E-state index in [1.165, 1.54) is 6.42 Å². The third kappa shape index (κ3) is 5.43. The van der Waals surface area contributed by atoms with E-state index in [0.717, 1.165) is 47.0 Å². The highest BCUT2D eigenvalue weighted by molar-refractivity contribution is 6.36. The molecule has 2 aromatic rings. The number of hydrogen-bond donors (Lipinski definition) is 1. The molecular formula is C26H33ClN2O4. The Morgan fingerprint density at radius 1 is 1.18 bits per heavy atom. The van der Waals surface area contributed by atoms with Crippen molar-refractivity contribution in [3.05, 3.63) is 46.8 Å². The summed E-state index contributed by atoms with van der Waals surface area (Å²) in [6, 6.07) is 7.30. The molecule has 6 nitrogen and oxygen atoms in total. The lowest BCUT2D eigenvalue weighted by Crippen LogP contribution is -2.24. The van der Waals surface area contributed by atoms with E-state index in [0.29, 0.717) is 35.1 Å². The van der Waals surface area contributed by atoms with Gasteiger partial charge in [0, 0.05) is 29.7 Å². The number of nitrogens with zero attached hydrogens (tertiary/aromatic N) is 2. The topological polar surface area (TPSA) is 83.6 Å². The largest absolute Gasteiger partial charge is 0.481 e. The van der Waals surface area contributed by atoms with E-state index in [9.17, 15) is 14.7 Å². The zero-order valence-corrected chi connectivity index (χ0v) is 20.3. The summed E-state index contributed by atoms with van der Waals surface area (Å²) in [5, 5.41) is 14.2. The molecule has 1 amide bonds. The van der Waals surface area contributed by atoms with Crippen LogP contribution in [-0.2, 0) is 9.59 Å². The van der Waals surface area contributed by atoms with Crippen LogP contribution in [0.1, 0.15) is 99.1 Å². The van der Waals surface area contributed by atoms with Gasteiger partial charge in [0.2, 0.25) is 5.91 Å². The van der Waals surface area contributed by atoms with Crippen molar-refractivity contribution in [3.8, 4) is 0 Å². The number of benzene rings is 1. The second-order valence-corrected chi connectivity index (χ2v) is 10.6. The van der Waals surface area contributed by atoms with E-state index in [1.807, 2.05) is 19.1 Å². The minimum atomic E-state index is -0.979. The molecule has 1 atom stereocenters. The predicted molar refractivity (Wildman–Crippen MR) is 128 cm³/mol. The second-order valence-electron chi connectivity index (χ2n) is 10.2. The van der Waals surface area contributed by atoms with E-state index < -0.39 is 11.9 Å². The standard InChI is InChI=1S/C26H33ClN2O4/c1-15(2)12-17-13-19(14-17)25-23(18-6-7-18)24(28-33-25)21(26(31)32)10-11-22(30)29(27)20-8-4-16(3)5-9-20/h4-5,8-9,15,17-19,21H,6-7,10-14H2,1-3H3,(H,31,32). The van der Waals surface area contributed by atoms with Crippen molar-refractivity contribution in [1.29, 1.82) is 0 Å². The van der Waals surface area contributed by atoms with Crippen molar-refractivity contribution >= 4 is 29.3 Å². The molecule has 1 aromatic carbocycles. The quantitative estimate of drug-likeness (QED) is 0.397. The first kappa shape index (κ1) is 23.8. The molecule has 0 bridgehead atoms. The van der Waals surface area contributed by atoms with E-state index in [4.69, 9.17) is 16.3 Å². The fourth-order valence-electron chi connectivity index (χ4n) is 5.02. The maximum Gasteiger partial charge on any atom is 0.312 e. The fourth-order valence-corrected chi connectivity index (χ4v) is 5.22. The van der Waals surface area contributed by atoms with Crippen molar-refractivity contribution in [2.75, 3.05) is 4.42 Å². The van der Waals surface area contributed by atoms with Gasteiger partial charge in [-0.3, -0.25) is 9.59 Å². The Morgan fingerprint density at radius 3 is 2.42 bits per heavy atom. The van der Waals surface area contributed by atoms with Crippen LogP contribution in [0.5, 0.6) is 0 Å². The summed E-state index contributed by atoms with van der Waals surface area (Å²) in [7, 11) is 0. The molecule has 1 unspecified atom stereocenters. The van der Waals surface area contributed by atoms with E-state index in [1.54, 1.807) is 12.1 Å². The summed E-state index contributed by atoms with van der Waals surface area (Å²) in [5.74, 6) is 0.757. The summed E-state index contributed by atoms with van der Waals surface area (Å²) in [6.45, 7) is 6.45. The van der Waals surface area contributed by atoms with Gasteiger partial charge >= 0.3 is 5.97 Å². The van der Waals surface area contributed by atoms with Gasteiger partial charge in [-0.25, -0.2) is 4.42 Å². The molecule has 0 saturated heterocycles. The third-order valence-electron chi connectivity index (χ3n) is 6.94. The highest BCUT2D eigenvalue weighted by atomic mass is 35.5. The van der Waals surface area contributed by atoms with Crippen molar-refractivity contribution in [2.45, 2.75) is 83.5 Å². The molecule has 7 heteroatoms. The van der Waals surface area contributed by atoms with Crippen molar-refractivity contribution in [2.24, 2.45) is 11.8 Å². The molecule has 0 radical (unpaired) electrons. The Morgan fingerprint density at radius 2 is 1.85 bits per heavy atom. The molecule has 2 aliphatic carbocycles. The number of rotatable bonds is 10. The summed E-state index contributed by atoms with van der Waals surface area (Å²) in [6.07, 6.45) is 5.61. The number of carbonyl (C=O) groups excluding carboxylic acids is 1. The Hall–Kier alpha value is -2.34. The van der Waals surface area contributed by atoms with Gasteiger partial charge in [0.05, 0.1) is 5.69 Å². The molecular weight excluding hydrogens is 440 g/mol. The van der Waals surface area contributed by atoms with Crippen LogP contribution in [0, 0.1) is 18.8 Å². The van der Waals surface area contributed by atoms with Gasteiger partial charge in [0.25, 0.3) is 0 Å². The van der Waals surface area contributed by atoms with Crippen LogP contribution in [0.3, 0.4) is 0 Å². The van der Waals surface area contributed by atoms with Gasteiger partial charge in [-0.05, 0) is 75.3 Å². The van der Waals surface area contributed by atoms with Gasteiger partial charge in [0.1, 0.15) is 17.4 Å². The maximum absolute atomic E-state index is 12.7. The number of aryl methyl sites for hydroxylation is 1. The minimum absolute atomic E-state index is 0.0144. The van der Waals surface area contributed by atoms with E-state index in [2.05, 4.69) is 19.0 Å². The smallest absolute Gasteiger partial charge is 0.312 e. The SMILES string of the molecule is Cc1ccc(N(Cl)C(=O)CCC(C(=O)O)c2noc(C3CC(CC(C)C)C3)c2C2CC2)cc1. The van der Waals surface area contributed by atoms with Gasteiger partial charge in [-0.15, -0.1) is 0 Å². The third-order valence-corrected chi connectivity index (χ3v) is 7.32. The highest BCUT2D eigenvalue weighted by Crippen LogP contribution is 2.52. The number of carboxylic acid groups (broad SMARTS) is 1. The van der Waals surface area contributed by atoms with Gasteiger partial charge in [-0.2, -0.15) is 0 Å². The zero-order valence-electron chi connectivity index (χ0n) is 19.6. The van der Waals surface area contributed by atoms with Crippen LogP contribution < -0.4 is 4.42 Å². The number of carbonyl (C=O) groups is 2. The van der Waals surface area contributed by atoms with Crippen LogP contribution in [0.25, 0.3) is 0 Å². The predicted octanol–water partition coefficient (Wildman–Crippen LogP) is 6.54. The van der Waals surface area contributed by atoms with Crippen molar-refractivity contribution < 1.29 is 19.2 Å². The molecule has 33 heavy (non-hydrogen) atoms. The van der Waals surface area contributed by atoms with Gasteiger partial charge in [0.15, 0.2) is 0 Å². The first-order valence-corrected chi connectivity index (χ1v) is 12.4.